The fourth-order valence-electron chi connectivity index (χ4n) is 2.90. The number of carbonyl (C=O) groups excluding carboxylic acids is 1. The number of piperidine rings is 1. The summed E-state index contributed by atoms with van der Waals surface area (Å²) >= 11 is 0. The van der Waals surface area contributed by atoms with Crippen molar-refractivity contribution in [3.05, 3.63) is 30.0 Å². The van der Waals surface area contributed by atoms with Crippen LogP contribution in [0.15, 0.2) is 24.4 Å². The van der Waals surface area contributed by atoms with E-state index < -0.39 is 0 Å². The first kappa shape index (κ1) is 13.1. The number of hydrogen-bond acceptors (Lipinski definition) is 3. The summed E-state index contributed by atoms with van der Waals surface area (Å²) in [6.45, 7) is 3.24. The Bertz CT molecular complexity index is 612. The lowest BCUT2D eigenvalue weighted by Crippen LogP contribution is -2.40. The number of hydrogen-bond donors (Lipinski definition) is 2. The molecule has 1 atom stereocenters. The number of nitrogens with zero attached hydrogens (tertiary/aromatic N) is 2. The third-order valence-corrected chi connectivity index (χ3v) is 4.22. The number of carbonyl (C=O) groups is 1. The average molecular weight is 273 g/mol. The lowest BCUT2D eigenvalue weighted by atomic mass is 9.92. The van der Waals surface area contributed by atoms with Crippen molar-refractivity contribution in [3.63, 3.8) is 0 Å². The maximum absolute atomic E-state index is 12.6. The Labute approximate surface area is 117 Å². The predicted octanol–water partition coefficient (Wildman–Crippen LogP) is 1.80. The summed E-state index contributed by atoms with van der Waals surface area (Å²) < 4.78 is 0. The summed E-state index contributed by atoms with van der Waals surface area (Å²) in [5, 5.41) is 17.5. The highest BCUT2D eigenvalue weighted by molar-refractivity contribution is 6.05. The molecule has 2 aromatic rings. The van der Waals surface area contributed by atoms with Crippen LogP contribution in [-0.2, 0) is 0 Å². The second kappa shape index (κ2) is 5.25. The van der Waals surface area contributed by atoms with E-state index in [1.54, 1.807) is 6.20 Å². The molecular formula is C15H19N3O2. The topological polar surface area (TPSA) is 69.2 Å². The molecule has 1 aliphatic heterocycles. The molecule has 1 amide bonds. The molecule has 0 spiro atoms. The number of aromatic nitrogens is 2. The zero-order valence-corrected chi connectivity index (χ0v) is 11.5. The van der Waals surface area contributed by atoms with Crippen molar-refractivity contribution in [3.8, 4) is 0 Å². The van der Waals surface area contributed by atoms with Gasteiger partial charge < -0.3 is 10.0 Å². The number of amides is 1. The van der Waals surface area contributed by atoms with Crippen LogP contribution in [-0.4, -0.2) is 45.3 Å². The number of aliphatic hydroxyl groups excluding tert-OH is 1. The first-order valence-electron chi connectivity index (χ1n) is 7.06. The second-order valence-electron chi connectivity index (χ2n) is 5.51. The molecule has 1 aliphatic rings. The number of nitrogens with one attached hydrogen (secondary N) is 1. The van der Waals surface area contributed by atoms with Gasteiger partial charge in [0.15, 0.2) is 0 Å². The van der Waals surface area contributed by atoms with Crippen LogP contribution in [0.4, 0.5) is 0 Å². The van der Waals surface area contributed by atoms with Crippen LogP contribution in [0.25, 0.3) is 10.9 Å². The van der Waals surface area contributed by atoms with Crippen molar-refractivity contribution in [2.75, 3.05) is 13.1 Å². The van der Waals surface area contributed by atoms with Gasteiger partial charge in [0.05, 0.1) is 23.4 Å². The Morgan fingerprint density at radius 2 is 2.20 bits per heavy atom. The Balaban J connectivity index is 1.78. The minimum atomic E-state index is -0.289. The zero-order chi connectivity index (χ0) is 14.1. The van der Waals surface area contributed by atoms with Crippen LogP contribution in [0.1, 0.15) is 30.1 Å². The van der Waals surface area contributed by atoms with E-state index in [1.165, 1.54) is 0 Å². The van der Waals surface area contributed by atoms with Crippen molar-refractivity contribution in [2.45, 2.75) is 25.9 Å². The molecular weight excluding hydrogens is 254 g/mol. The molecule has 20 heavy (non-hydrogen) atoms. The normalized spacial score (nSPS) is 18.4. The predicted molar refractivity (Wildman–Crippen MR) is 76.4 cm³/mol. The third-order valence-electron chi connectivity index (χ3n) is 4.22. The standard InChI is InChI=1S/C15H19N3O2/c1-10(19)11-5-7-18(8-6-11)15(20)13-4-2-3-12-9-16-17-14(12)13/h2-4,9-11,19H,5-8H2,1H3,(H,16,17). The maximum Gasteiger partial charge on any atom is 0.256 e. The van der Waals surface area contributed by atoms with Gasteiger partial charge in [-0.3, -0.25) is 9.89 Å². The minimum Gasteiger partial charge on any atom is -0.393 e. The van der Waals surface area contributed by atoms with E-state index in [9.17, 15) is 9.90 Å². The number of fused-ring (bicyclic) bond motifs is 1. The van der Waals surface area contributed by atoms with Gasteiger partial charge in [0.2, 0.25) is 0 Å². The van der Waals surface area contributed by atoms with Gasteiger partial charge in [-0.05, 0) is 31.7 Å². The summed E-state index contributed by atoms with van der Waals surface area (Å²) in [7, 11) is 0. The Morgan fingerprint density at radius 3 is 2.90 bits per heavy atom. The van der Waals surface area contributed by atoms with Crippen LogP contribution in [0.5, 0.6) is 0 Å². The van der Waals surface area contributed by atoms with Crippen molar-refractivity contribution >= 4 is 16.8 Å². The molecule has 0 aliphatic carbocycles. The first-order valence-corrected chi connectivity index (χ1v) is 7.06. The van der Waals surface area contributed by atoms with E-state index in [0.29, 0.717) is 24.6 Å². The van der Waals surface area contributed by atoms with E-state index in [1.807, 2.05) is 30.0 Å². The molecule has 1 unspecified atom stereocenters. The molecule has 5 nitrogen and oxygen atoms in total. The minimum absolute atomic E-state index is 0.0453. The highest BCUT2D eigenvalue weighted by atomic mass is 16.3. The number of para-hydroxylation sites is 1. The molecule has 0 saturated carbocycles. The molecule has 0 bridgehead atoms. The van der Waals surface area contributed by atoms with Gasteiger partial charge in [-0.15, -0.1) is 0 Å². The number of H-pyrrole nitrogens is 1. The molecule has 5 heteroatoms. The van der Waals surface area contributed by atoms with Gasteiger partial charge in [0.1, 0.15) is 0 Å². The van der Waals surface area contributed by atoms with Gasteiger partial charge in [0.25, 0.3) is 5.91 Å². The molecule has 2 N–H and O–H groups in total. The highest BCUT2D eigenvalue weighted by Crippen LogP contribution is 2.23. The largest absolute Gasteiger partial charge is 0.393 e. The lowest BCUT2D eigenvalue weighted by Gasteiger charge is -2.33. The second-order valence-corrected chi connectivity index (χ2v) is 5.51. The van der Waals surface area contributed by atoms with Crippen molar-refractivity contribution in [1.29, 1.82) is 0 Å². The molecule has 2 heterocycles. The molecule has 1 aromatic heterocycles. The fourth-order valence-corrected chi connectivity index (χ4v) is 2.90. The van der Waals surface area contributed by atoms with Gasteiger partial charge in [-0.25, -0.2) is 0 Å². The number of benzene rings is 1. The number of rotatable bonds is 2. The van der Waals surface area contributed by atoms with Crippen LogP contribution in [0.2, 0.25) is 0 Å². The van der Waals surface area contributed by atoms with E-state index in [-0.39, 0.29) is 12.0 Å². The smallest absolute Gasteiger partial charge is 0.256 e. The first-order chi connectivity index (χ1) is 9.66. The maximum atomic E-state index is 12.6. The van der Waals surface area contributed by atoms with E-state index in [0.717, 1.165) is 23.7 Å². The van der Waals surface area contributed by atoms with Gasteiger partial charge >= 0.3 is 0 Å². The summed E-state index contributed by atoms with van der Waals surface area (Å²) in [6, 6.07) is 5.66. The molecule has 1 fully saturated rings. The van der Waals surface area contributed by atoms with E-state index >= 15 is 0 Å². The summed E-state index contributed by atoms with van der Waals surface area (Å²) in [5.41, 5.74) is 1.48. The SMILES string of the molecule is CC(O)C1CCN(C(=O)c2cccc3cn[nH]c23)CC1. The van der Waals surface area contributed by atoms with E-state index in [4.69, 9.17) is 0 Å². The van der Waals surface area contributed by atoms with Gasteiger partial charge in [0, 0.05) is 18.5 Å². The average Bonchev–Trinajstić information content (AvgIpc) is 2.95. The van der Waals surface area contributed by atoms with Gasteiger partial charge in [-0.2, -0.15) is 5.10 Å². The van der Waals surface area contributed by atoms with Crippen LogP contribution in [0.3, 0.4) is 0 Å². The Hall–Kier alpha value is -1.88. The van der Waals surface area contributed by atoms with Crippen LogP contribution >= 0.6 is 0 Å². The third kappa shape index (κ3) is 2.29. The zero-order valence-electron chi connectivity index (χ0n) is 11.5. The summed E-state index contributed by atoms with van der Waals surface area (Å²) in [4.78, 5) is 14.5. The van der Waals surface area contributed by atoms with E-state index in [2.05, 4.69) is 10.2 Å². The molecule has 1 aromatic carbocycles. The number of likely N-dealkylation sites (tertiary alicyclic amines) is 1. The Morgan fingerprint density at radius 1 is 1.45 bits per heavy atom. The highest BCUT2D eigenvalue weighted by Gasteiger charge is 2.26. The summed E-state index contributed by atoms with van der Waals surface area (Å²) in [6.07, 6.45) is 3.17. The molecule has 0 radical (unpaired) electrons. The van der Waals surface area contributed by atoms with Crippen LogP contribution in [0, 0.1) is 5.92 Å². The lowest BCUT2D eigenvalue weighted by molar-refractivity contribution is 0.0522. The number of aliphatic hydroxyl groups is 1. The molecule has 1 saturated heterocycles. The monoisotopic (exact) mass is 273 g/mol. The molecule has 3 rings (SSSR count). The fraction of sp³-hybridized carbons (Fsp3) is 0.467. The quantitative estimate of drug-likeness (QED) is 0.876. The van der Waals surface area contributed by atoms with Crippen molar-refractivity contribution in [2.24, 2.45) is 5.92 Å². The van der Waals surface area contributed by atoms with Gasteiger partial charge in [-0.1, -0.05) is 12.1 Å². The summed E-state index contributed by atoms with van der Waals surface area (Å²) in [5.74, 6) is 0.353. The van der Waals surface area contributed by atoms with Crippen molar-refractivity contribution in [1.82, 2.24) is 15.1 Å². The van der Waals surface area contributed by atoms with Crippen LogP contribution < -0.4 is 0 Å². The molecule has 106 valence electrons. The Kier molecular flexibility index (Phi) is 3.44. The van der Waals surface area contributed by atoms with Crippen molar-refractivity contribution < 1.29 is 9.90 Å². The number of aromatic amines is 1.